The standard InChI is InChI=1S/C16H21F2N3O4/c1-16(2,3)25-15(24)21-9-13(22)19-6-7-20-14(23)11-5-4-10(17)8-12(11)18/h4-5,8H,6-7,9H2,1-3H3,(H,19,22)(H,20,23)(H,21,24). The highest BCUT2D eigenvalue weighted by atomic mass is 19.1. The molecule has 138 valence electrons. The average molecular weight is 357 g/mol. The third-order valence-corrected chi connectivity index (χ3v) is 2.70. The Kier molecular flexibility index (Phi) is 7.28. The first-order chi connectivity index (χ1) is 11.6. The first-order valence-electron chi connectivity index (χ1n) is 7.55. The summed E-state index contributed by atoms with van der Waals surface area (Å²) in [5, 5.41) is 7.12. The number of benzene rings is 1. The van der Waals surface area contributed by atoms with Crippen LogP contribution in [0.1, 0.15) is 31.1 Å². The molecule has 0 fully saturated rings. The number of amides is 3. The van der Waals surface area contributed by atoms with Crippen molar-refractivity contribution >= 4 is 17.9 Å². The van der Waals surface area contributed by atoms with Crippen molar-refractivity contribution in [2.24, 2.45) is 0 Å². The van der Waals surface area contributed by atoms with Gasteiger partial charge in [-0.3, -0.25) is 9.59 Å². The molecule has 0 spiro atoms. The highest BCUT2D eigenvalue weighted by Gasteiger charge is 2.16. The summed E-state index contributed by atoms with van der Waals surface area (Å²) >= 11 is 0. The Morgan fingerprint density at radius 1 is 1.04 bits per heavy atom. The molecule has 0 saturated heterocycles. The van der Waals surface area contributed by atoms with Gasteiger partial charge in [0.05, 0.1) is 12.1 Å². The van der Waals surface area contributed by atoms with Gasteiger partial charge < -0.3 is 20.7 Å². The summed E-state index contributed by atoms with van der Waals surface area (Å²) in [5.74, 6) is -2.95. The third kappa shape index (κ3) is 8.09. The number of carbonyl (C=O) groups is 3. The van der Waals surface area contributed by atoms with Gasteiger partial charge in [0.15, 0.2) is 0 Å². The largest absolute Gasteiger partial charge is 0.444 e. The number of carbonyl (C=O) groups excluding carboxylic acids is 3. The van der Waals surface area contributed by atoms with E-state index >= 15 is 0 Å². The van der Waals surface area contributed by atoms with Gasteiger partial charge in [0, 0.05) is 19.2 Å². The number of hydrogen-bond acceptors (Lipinski definition) is 4. The molecule has 0 bridgehead atoms. The summed E-state index contributed by atoms with van der Waals surface area (Å²) in [7, 11) is 0. The Hall–Kier alpha value is -2.71. The van der Waals surface area contributed by atoms with Gasteiger partial charge in [-0.25, -0.2) is 13.6 Å². The van der Waals surface area contributed by atoms with E-state index in [9.17, 15) is 23.2 Å². The number of rotatable bonds is 6. The first-order valence-corrected chi connectivity index (χ1v) is 7.55. The zero-order chi connectivity index (χ0) is 19.0. The molecular formula is C16H21F2N3O4. The van der Waals surface area contributed by atoms with Crippen molar-refractivity contribution in [3.8, 4) is 0 Å². The molecule has 0 aliphatic carbocycles. The maximum Gasteiger partial charge on any atom is 0.408 e. The lowest BCUT2D eigenvalue weighted by Crippen LogP contribution is -2.42. The van der Waals surface area contributed by atoms with Crippen molar-refractivity contribution in [2.45, 2.75) is 26.4 Å². The van der Waals surface area contributed by atoms with Crippen molar-refractivity contribution in [1.82, 2.24) is 16.0 Å². The quantitative estimate of drug-likeness (QED) is 0.670. The predicted molar refractivity (Wildman–Crippen MR) is 85.9 cm³/mol. The van der Waals surface area contributed by atoms with Crippen molar-refractivity contribution in [1.29, 1.82) is 0 Å². The Morgan fingerprint density at radius 2 is 1.68 bits per heavy atom. The molecule has 1 aromatic carbocycles. The zero-order valence-electron chi connectivity index (χ0n) is 14.2. The Balaban J connectivity index is 2.25. The van der Waals surface area contributed by atoms with E-state index in [1.54, 1.807) is 20.8 Å². The zero-order valence-corrected chi connectivity index (χ0v) is 14.2. The SMILES string of the molecule is CC(C)(C)OC(=O)NCC(=O)NCCNC(=O)c1ccc(F)cc1F. The highest BCUT2D eigenvalue weighted by Crippen LogP contribution is 2.09. The van der Waals surface area contributed by atoms with E-state index in [1.165, 1.54) is 0 Å². The van der Waals surface area contributed by atoms with E-state index in [1.807, 2.05) is 0 Å². The van der Waals surface area contributed by atoms with Gasteiger partial charge in [-0.1, -0.05) is 0 Å². The molecule has 25 heavy (non-hydrogen) atoms. The lowest BCUT2D eigenvalue weighted by Gasteiger charge is -2.19. The van der Waals surface area contributed by atoms with Crippen molar-refractivity contribution in [3.05, 3.63) is 35.4 Å². The maximum atomic E-state index is 13.4. The Bertz CT molecular complexity index is 645. The van der Waals surface area contributed by atoms with Gasteiger partial charge in [0.1, 0.15) is 17.2 Å². The van der Waals surface area contributed by atoms with Crippen LogP contribution in [-0.4, -0.2) is 43.1 Å². The van der Waals surface area contributed by atoms with E-state index in [2.05, 4.69) is 16.0 Å². The first kappa shape index (κ1) is 20.3. The normalized spacial score (nSPS) is 10.8. The molecule has 0 atom stereocenters. The third-order valence-electron chi connectivity index (χ3n) is 2.70. The molecule has 0 aromatic heterocycles. The minimum Gasteiger partial charge on any atom is -0.444 e. The van der Waals surface area contributed by atoms with Crippen LogP contribution in [0.3, 0.4) is 0 Å². The second kappa shape index (κ2) is 8.95. The number of ether oxygens (including phenoxy) is 1. The van der Waals surface area contributed by atoms with Crippen LogP contribution in [0.25, 0.3) is 0 Å². The van der Waals surface area contributed by atoms with Crippen LogP contribution in [0.5, 0.6) is 0 Å². The molecule has 9 heteroatoms. The Labute approximate surface area is 144 Å². The summed E-state index contributed by atoms with van der Waals surface area (Å²) in [4.78, 5) is 34.6. The van der Waals surface area contributed by atoms with E-state index in [0.29, 0.717) is 6.07 Å². The van der Waals surface area contributed by atoms with Gasteiger partial charge >= 0.3 is 6.09 Å². The molecule has 1 aromatic rings. The number of nitrogens with one attached hydrogen (secondary N) is 3. The number of alkyl carbamates (subject to hydrolysis) is 1. The fourth-order valence-electron chi connectivity index (χ4n) is 1.68. The van der Waals surface area contributed by atoms with Crippen molar-refractivity contribution < 1.29 is 27.9 Å². The fourth-order valence-corrected chi connectivity index (χ4v) is 1.68. The molecule has 7 nitrogen and oxygen atoms in total. The van der Waals surface area contributed by atoms with Crippen LogP contribution in [0, 0.1) is 11.6 Å². The molecule has 0 heterocycles. The Morgan fingerprint density at radius 3 is 2.28 bits per heavy atom. The van der Waals surface area contributed by atoms with Crippen LogP contribution in [-0.2, 0) is 9.53 Å². The molecule has 1 rings (SSSR count). The van der Waals surface area contributed by atoms with Gasteiger partial charge in [-0.2, -0.15) is 0 Å². The van der Waals surface area contributed by atoms with Crippen LogP contribution in [0.4, 0.5) is 13.6 Å². The van der Waals surface area contributed by atoms with E-state index in [4.69, 9.17) is 4.74 Å². The molecule has 0 unspecified atom stereocenters. The average Bonchev–Trinajstić information content (AvgIpc) is 2.47. The second-order valence-electron chi connectivity index (χ2n) is 6.09. The van der Waals surface area contributed by atoms with Crippen LogP contribution >= 0.6 is 0 Å². The number of hydrogen-bond donors (Lipinski definition) is 3. The second-order valence-corrected chi connectivity index (χ2v) is 6.09. The lowest BCUT2D eigenvalue weighted by molar-refractivity contribution is -0.120. The predicted octanol–water partition coefficient (Wildman–Crippen LogP) is 1.34. The summed E-state index contributed by atoms with van der Waals surface area (Å²) in [6.45, 7) is 4.91. The topological polar surface area (TPSA) is 96.5 Å². The lowest BCUT2D eigenvalue weighted by atomic mass is 10.2. The minimum atomic E-state index is -0.969. The molecular weight excluding hydrogens is 336 g/mol. The summed E-state index contributed by atoms with van der Waals surface area (Å²) in [6.07, 6.45) is -0.720. The molecule has 0 saturated carbocycles. The summed E-state index contributed by atoms with van der Waals surface area (Å²) in [5.41, 5.74) is -0.958. The van der Waals surface area contributed by atoms with Gasteiger partial charge in [-0.05, 0) is 32.9 Å². The maximum absolute atomic E-state index is 13.4. The minimum absolute atomic E-state index is 0.0355. The van der Waals surface area contributed by atoms with Gasteiger partial charge in [-0.15, -0.1) is 0 Å². The molecule has 3 amide bonds. The van der Waals surface area contributed by atoms with E-state index in [-0.39, 0.29) is 25.2 Å². The molecule has 0 aliphatic rings. The highest BCUT2D eigenvalue weighted by molar-refractivity contribution is 5.94. The smallest absolute Gasteiger partial charge is 0.408 e. The number of halogens is 2. The van der Waals surface area contributed by atoms with Crippen LogP contribution in [0.2, 0.25) is 0 Å². The van der Waals surface area contributed by atoms with E-state index < -0.39 is 35.1 Å². The fraction of sp³-hybridized carbons (Fsp3) is 0.438. The van der Waals surface area contributed by atoms with Gasteiger partial charge in [0.2, 0.25) is 5.91 Å². The molecule has 3 N–H and O–H groups in total. The monoisotopic (exact) mass is 357 g/mol. The van der Waals surface area contributed by atoms with Crippen molar-refractivity contribution in [3.63, 3.8) is 0 Å². The van der Waals surface area contributed by atoms with Gasteiger partial charge in [0.25, 0.3) is 5.91 Å². The summed E-state index contributed by atoms with van der Waals surface area (Å²) < 4.78 is 31.1. The van der Waals surface area contributed by atoms with E-state index in [0.717, 1.165) is 12.1 Å². The molecule has 0 aliphatic heterocycles. The van der Waals surface area contributed by atoms with Crippen LogP contribution in [0.15, 0.2) is 18.2 Å². The van der Waals surface area contributed by atoms with Crippen molar-refractivity contribution in [2.75, 3.05) is 19.6 Å². The summed E-state index contributed by atoms with van der Waals surface area (Å²) in [6, 6.07) is 2.62. The molecule has 0 radical (unpaired) electrons. The van der Waals surface area contributed by atoms with Crippen LogP contribution < -0.4 is 16.0 Å².